The Hall–Kier alpha value is -4.39. The van der Waals surface area contributed by atoms with Crippen LogP contribution < -0.4 is 9.64 Å². The molecule has 0 saturated heterocycles. The third-order valence-electron chi connectivity index (χ3n) is 5.64. The number of anilines is 1. The molecule has 0 bridgehead atoms. The molecule has 1 aliphatic heterocycles. The first-order chi connectivity index (χ1) is 15.6. The van der Waals surface area contributed by atoms with Gasteiger partial charge in [-0.1, -0.05) is 42.5 Å². The third kappa shape index (κ3) is 3.11. The van der Waals surface area contributed by atoms with Crippen molar-refractivity contribution in [2.75, 3.05) is 12.0 Å². The van der Waals surface area contributed by atoms with E-state index in [-0.39, 0.29) is 11.5 Å². The van der Waals surface area contributed by atoms with E-state index in [1.54, 1.807) is 24.1 Å². The van der Waals surface area contributed by atoms with Crippen LogP contribution in [0.5, 0.6) is 5.75 Å². The van der Waals surface area contributed by atoms with E-state index in [0.717, 1.165) is 16.7 Å². The summed E-state index contributed by atoms with van der Waals surface area (Å²) in [4.78, 5) is 26.4. The summed E-state index contributed by atoms with van der Waals surface area (Å²) >= 11 is 0. The summed E-state index contributed by atoms with van der Waals surface area (Å²) in [5.74, 6) is -0.526. The number of carbonyl (C=O) groups excluding carboxylic acids is 1. The van der Waals surface area contributed by atoms with Crippen LogP contribution in [0.25, 0.3) is 11.3 Å². The van der Waals surface area contributed by atoms with E-state index in [1.165, 1.54) is 12.1 Å². The minimum absolute atomic E-state index is 0.159. The zero-order chi connectivity index (χ0) is 22.2. The predicted molar refractivity (Wildman–Crippen MR) is 119 cm³/mol. The van der Waals surface area contributed by atoms with Crippen LogP contribution in [0.2, 0.25) is 0 Å². The second kappa shape index (κ2) is 7.70. The molecule has 32 heavy (non-hydrogen) atoms. The van der Waals surface area contributed by atoms with Crippen LogP contribution in [0.4, 0.5) is 5.69 Å². The number of fused-ring (bicyclic) bond motifs is 1. The van der Waals surface area contributed by atoms with Crippen LogP contribution in [0, 0.1) is 0 Å². The van der Waals surface area contributed by atoms with Crippen LogP contribution in [-0.2, 0) is 0 Å². The highest BCUT2D eigenvalue weighted by Crippen LogP contribution is 2.45. The second-order valence-corrected chi connectivity index (χ2v) is 7.43. The molecule has 1 aromatic heterocycles. The lowest BCUT2D eigenvalue weighted by Crippen LogP contribution is -2.29. The van der Waals surface area contributed by atoms with Gasteiger partial charge in [-0.2, -0.15) is 5.10 Å². The maximum Gasteiger partial charge on any atom is 0.335 e. The van der Waals surface area contributed by atoms with Crippen molar-refractivity contribution in [3.05, 3.63) is 101 Å². The Balaban J connectivity index is 1.68. The molecule has 0 spiro atoms. The van der Waals surface area contributed by atoms with Crippen molar-refractivity contribution < 1.29 is 19.4 Å². The van der Waals surface area contributed by atoms with Gasteiger partial charge in [-0.25, -0.2) is 4.79 Å². The smallest absolute Gasteiger partial charge is 0.335 e. The number of ether oxygens (including phenoxy) is 1. The van der Waals surface area contributed by atoms with Crippen LogP contribution in [0.15, 0.2) is 78.9 Å². The standard InChI is InChI=1S/C25H19N3O4/c1-32-19-13-9-16(10-14-19)23-20-21(15-5-3-2-4-6-15)26-27-22(20)24(29)28(23)18-11-7-17(8-12-18)25(30)31/h2-14,23H,1H3,(H,26,27)(H,30,31)/t23-/m0/s1. The zero-order valence-corrected chi connectivity index (χ0v) is 17.1. The van der Waals surface area contributed by atoms with Gasteiger partial charge in [-0.15, -0.1) is 0 Å². The largest absolute Gasteiger partial charge is 0.497 e. The van der Waals surface area contributed by atoms with E-state index in [4.69, 9.17) is 4.74 Å². The molecule has 0 unspecified atom stereocenters. The number of H-pyrrole nitrogens is 1. The Morgan fingerprint density at radius 1 is 1.00 bits per heavy atom. The van der Waals surface area contributed by atoms with Gasteiger partial charge >= 0.3 is 5.97 Å². The Morgan fingerprint density at radius 3 is 2.31 bits per heavy atom. The SMILES string of the molecule is COc1ccc([C@H]2c3c(-c4ccccc4)n[nH]c3C(=O)N2c2ccc(C(=O)O)cc2)cc1. The van der Waals surface area contributed by atoms with Gasteiger partial charge in [0.05, 0.1) is 24.4 Å². The average Bonchev–Trinajstić information content (AvgIpc) is 3.39. The fourth-order valence-corrected chi connectivity index (χ4v) is 4.10. The van der Waals surface area contributed by atoms with Gasteiger partial charge < -0.3 is 9.84 Å². The first-order valence-electron chi connectivity index (χ1n) is 10.0. The van der Waals surface area contributed by atoms with Gasteiger partial charge in [0.1, 0.15) is 11.4 Å². The van der Waals surface area contributed by atoms with Crippen LogP contribution in [-0.4, -0.2) is 34.3 Å². The van der Waals surface area contributed by atoms with Crippen molar-refractivity contribution in [1.82, 2.24) is 10.2 Å². The van der Waals surface area contributed by atoms with Crippen molar-refractivity contribution >= 4 is 17.6 Å². The number of benzene rings is 3. The molecule has 158 valence electrons. The topological polar surface area (TPSA) is 95.5 Å². The molecule has 0 aliphatic carbocycles. The van der Waals surface area contributed by atoms with Crippen LogP contribution in [0.3, 0.4) is 0 Å². The highest BCUT2D eigenvalue weighted by atomic mass is 16.5. The number of carboxylic acids is 1. The number of carboxylic acid groups (broad SMARTS) is 1. The fourth-order valence-electron chi connectivity index (χ4n) is 4.10. The minimum Gasteiger partial charge on any atom is -0.497 e. The third-order valence-corrected chi connectivity index (χ3v) is 5.64. The number of aromatic nitrogens is 2. The lowest BCUT2D eigenvalue weighted by Gasteiger charge is -2.26. The van der Waals surface area contributed by atoms with Crippen molar-refractivity contribution in [1.29, 1.82) is 0 Å². The van der Waals surface area contributed by atoms with Gasteiger partial charge in [0.25, 0.3) is 5.91 Å². The van der Waals surface area contributed by atoms with Crippen LogP contribution in [0.1, 0.15) is 38.0 Å². The summed E-state index contributed by atoms with van der Waals surface area (Å²) in [7, 11) is 1.60. The molecule has 0 fully saturated rings. The maximum atomic E-state index is 13.5. The van der Waals surface area contributed by atoms with Gasteiger partial charge in [0, 0.05) is 16.8 Å². The number of methoxy groups -OCH3 is 1. The Kier molecular flexibility index (Phi) is 4.71. The predicted octanol–water partition coefficient (Wildman–Crippen LogP) is 4.53. The Morgan fingerprint density at radius 2 is 1.69 bits per heavy atom. The Labute approximate surface area is 183 Å². The van der Waals surface area contributed by atoms with Gasteiger partial charge in [0.15, 0.2) is 0 Å². The number of nitrogens with zero attached hydrogens (tertiary/aromatic N) is 2. The summed E-state index contributed by atoms with van der Waals surface area (Å²) in [6, 6.07) is 23.1. The quantitative estimate of drug-likeness (QED) is 0.490. The maximum absolute atomic E-state index is 13.5. The first kappa shape index (κ1) is 19.6. The number of aromatic amines is 1. The molecule has 7 heteroatoms. The summed E-state index contributed by atoms with van der Waals surface area (Å²) in [6.45, 7) is 0. The molecule has 4 aromatic rings. The lowest BCUT2D eigenvalue weighted by atomic mass is 9.95. The molecule has 1 aliphatic rings. The highest BCUT2D eigenvalue weighted by molar-refractivity contribution is 6.11. The summed E-state index contributed by atoms with van der Waals surface area (Å²) in [5.41, 5.74) is 4.47. The molecule has 2 heterocycles. The van der Waals surface area contributed by atoms with Gasteiger partial charge in [-0.3, -0.25) is 14.8 Å². The molecular weight excluding hydrogens is 406 g/mol. The average molecular weight is 425 g/mol. The second-order valence-electron chi connectivity index (χ2n) is 7.43. The summed E-state index contributed by atoms with van der Waals surface area (Å²) in [6.07, 6.45) is 0. The minimum atomic E-state index is -1.02. The molecular formula is C25H19N3O4. The van der Waals surface area contributed by atoms with E-state index in [9.17, 15) is 14.7 Å². The number of hydrogen-bond acceptors (Lipinski definition) is 4. The van der Waals surface area contributed by atoms with Crippen molar-refractivity contribution in [3.8, 4) is 17.0 Å². The Bertz CT molecular complexity index is 1300. The van der Waals surface area contributed by atoms with E-state index in [0.29, 0.717) is 22.8 Å². The first-order valence-corrected chi connectivity index (χ1v) is 10.0. The van der Waals surface area contributed by atoms with E-state index in [1.807, 2.05) is 54.6 Å². The monoisotopic (exact) mass is 425 g/mol. The van der Waals surface area contributed by atoms with Crippen molar-refractivity contribution in [2.45, 2.75) is 6.04 Å². The number of aromatic carboxylic acids is 1. The normalized spacial score (nSPS) is 15.0. The number of hydrogen-bond donors (Lipinski definition) is 2. The molecule has 7 nitrogen and oxygen atoms in total. The molecule has 3 aromatic carbocycles. The van der Waals surface area contributed by atoms with E-state index < -0.39 is 12.0 Å². The number of nitrogens with one attached hydrogen (secondary N) is 1. The number of rotatable bonds is 5. The number of carbonyl (C=O) groups is 2. The molecule has 2 N–H and O–H groups in total. The molecule has 5 rings (SSSR count). The zero-order valence-electron chi connectivity index (χ0n) is 17.1. The number of amides is 1. The summed E-state index contributed by atoms with van der Waals surface area (Å²) < 4.78 is 5.29. The molecule has 1 amide bonds. The molecule has 1 atom stereocenters. The molecule has 0 saturated carbocycles. The van der Waals surface area contributed by atoms with Crippen molar-refractivity contribution in [3.63, 3.8) is 0 Å². The summed E-state index contributed by atoms with van der Waals surface area (Å²) in [5, 5.41) is 16.6. The van der Waals surface area contributed by atoms with Crippen LogP contribution >= 0.6 is 0 Å². The van der Waals surface area contributed by atoms with Crippen molar-refractivity contribution in [2.24, 2.45) is 0 Å². The fraction of sp³-hybridized carbons (Fsp3) is 0.0800. The highest BCUT2D eigenvalue weighted by Gasteiger charge is 2.43. The van der Waals surface area contributed by atoms with Gasteiger partial charge in [0.2, 0.25) is 0 Å². The molecule has 0 radical (unpaired) electrons. The lowest BCUT2D eigenvalue weighted by molar-refractivity contribution is 0.0696. The van der Waals surface area contributed by atoms with E-state index in [2.05, 4.69) is 10.2 Å². The van der Waals surface area contributed by atoms with E-state index >= 15 is 0 Å². The van der Waals surface area contributed by atoms with Gasteiger partial charge in [-0.05, 0) is 42.0 Å².